The number of aromatic amines is 1. The second-order valence-corrected chi connectivity index (χ2v) is 5.41. The molecule has 1 unspecified atom stereocenters. The molecular formula is C10H16N4O3S. The Balaban J connectivity index is 2.10. The maximum atomic E-state index is 11.4. The highest BCUT2D eigenvalue weighted by Gasteiger charge is 2.48. The number of aromatic nitrogens is 3. The summed E-state index contributed by atoms with van der Waals surface area (Å²) in [6.07, 6.45) is 1.70. The van der Waals surface area contributed by atoms with Gasteiger partial charge in [0.1, 0.15) is 5.54 Å². The van der Waals surface area contributed by atoms with Gasteiger partial charge in [0, 0.05) is 12.3 Å². The van der Waals surface area contributed by atoms with Crippen LogP contribution in [0, 0.1) is 5.92 Å². The van der Waals surface area contributed by atoms with Gasteiger partial charge in [0.2, 0.25) is 0 Å². The number of aliphatic carboxylic acids is 1. The molecule has 0 saturated heterocycles. The number of carboxylic acids is 1. The van der Waals surface area contributed by atoms with Crippen LogP contribution in [0.3, 0.4) is 0 Å². The molecule has 0 spiro atoms. The molecule has 1 atom stereocenters. The summed E-state index contributed by atoms with van der Waals surface area (Å²) in [5.74, 6) is -0.737. The molecule has 0 radical (unpaired) electrons. The zero-order valence-electron chi connectivity index (χ0n) is 10.0. The van der Waals surface area contributed by atoms with Crippen molar-refractivity contribution < 1.29 is 9.90 Å². The average Bonchev–Trinajstić information content (AvgIpc) is 3.11. The molecule has 1 aliphatic rings. The molecule has 1 heterocycles. The summed E-state index contributed by atoms with van der Waals surface area (Å²) in [6, 6.07) is 0. The third-order valence-electron chi connectivity index (χ3n) is 3.18. The van der Waals surface area contributed by atoms with Gasteiger partial charge in [-0.1, -0.05) is 11.8 Å². The molecule has 7 nitrogen and oxygen atoms in total. The quantitative estimate of drug-likeness (QED) is 0.622. The minimum absolute atomic E-state index is 0.0308. The summed E-state index contributed by atoms with van der Waals surface area (Å²) in [5, 5.41) is 15.9. The molecule has 8 heteroatoms. The van der Waals surface area contributed by atoms with Crippen LogP contribution in [0.4, 0.5) is 0 Å². The molecule has 2 rings (SSSR count). The lowest BCUT2D eigenvalue weighted by Crippen LogP contribution is -2.52. The van der Waals surface area contributed by atoms with Gasteiger partial charge in [-0.05, 0) is 25.7 Å². The van der Waals surface area contributed by atoms with Crippen molar-refractivity contribution in [1.82, 2.24) is 14.8 Å². The lowest BCUT2D eigenvalue weighted by molar-refractivity contribution is -0.143. The average molecular weight is 272 g/mol. The van der Waals surface area contributed by atoms with Gasteiger partial charge in [0.15, 0.2) is 5.16 Å². The fraction of sp³-hybridized carbons (Fsp3) is 0.700. The van der Waals surface area contributed by atoms with E-state index in [1.807, 2.05) is 6.92 Å². The number of carboxylic acid groups (broad SMARTS) is 1. The Hall–Kier alpha value is -1.28. The van der Waals surface area contributed by atoms with Crippen LogP contribution in [0.1, 0.15) is 19.8 Å². The summed E-state index contributed by atoms with van der Waals surface area (Å²) in [7, 11) is 0. The first kappa shape index (κ1) is 13.2. The third kappa shape index (κ3) is 2.30. The number of hydrogen-bond acceptors (Lipinski definition) is 5. The van der Waals surface area contributed by atoms with Crippen molar-refractivity contribution in [3.63, 3.8) is 0 Å². The number of thioether (sulfide) groups is 1. The summed E-state index contributed by atoms with van der Waals surface area (Å²) in [4.78, 5) is 22.6. The number of H-pyrrole nitrogens is 1. The van der Waals surface area contributed by atoms with Gasteiger partial charge in [-0.2, -0.15) is 0 Å². The minimum atomic E-state index is -1.22. The van der Waals surface area contributed by atoms with Gasteiger partial charge in [0.25, 0.3) is 0 Å². The van der Waals surface area contributed by atoms with Crippen LogP contribution in [0.25, 0.3) is 0 Å². The van der Waals surface area contributed by atoms with Crippen LogP contribution in [-0.4, -0.2) is 37.1 Å². The summed E-state index contributed by atoms with van der Waals surface area (Å²) in [6.45, 7) is 2.32. The zero-order chi connectivity index (χ0) is 13.3. The summed E-state index contributed by atoms with van der Waals surface area (Å²) >= 11 is 1.21. The molecule has 0 aromatic carbocycles. The van der Waals surface area contributed by atoms with E-state index in [9.17, 15) is 14.7 Å². The molecule has 0 bridgehead atoms. The predicted molar refractivity (Wildman–Crippen MR) is 66.5 cm³/mol. The Morgan fingerprint density at radius 1 is 1.72 bits per heavy atom. The van der Waals surface area contributed by atoms with Crippen molar-refractivity contribution in [2.75, 3.05) is 5.75 Å². The normalized spacial score (nSPS) is 18.6. The van der Waals surface area contributed by atoms with E-state index in [-0.39, 0.29) is 17.4 Å². The first-order valence-corrected chi connectivity index (χ1v) is 6.78. The van der Waals surface area contributed by atoms with Crippen molar-refractivity contribution in [3.05, 3.63) is 10.5 Å². The Morgan fingerprint density at radius 3 is 2.89 bits per heavy atom. The van der Waals surface area contributed by atoms with E-state index in [0.29, 0.717) is 11.7 Å². The first-order valence-electron chi connectivity index (χ1n) is 5.79. The van der Waals surface area contributed by atoms with Crippen LogP contribution in [0.2, 0.25) is 0 Å². The van der Waals surface area contributed by atoms with Gasteiger partial charge in [-0.3, -0.25) is 9.36 Å². The molecule has 100 valence electrons. The number of nitrogens with zero attached hydrogens (tertiary/aromatic N) is 2. The van der Waals surface area contributed by atoms with Crippen LogP contribution in [0.15, 0.2) is 9.95 Å². The van der Waals surface area contributed by atoms with Crippen molar-refractivity contribution in [1.29, 1.82) is 0 Å². The third-order valence-corrected chi connectivity index (χ3v) is 4.38. The molecule has 1 aliphatic carbocycles. The highest BCUT2D eigenvalue weighted by Crippen LogP contribution is 2.40. The van der Waals surface area contributed by atoms with Gasteiger partial charge in [0.05, 0.1) is 0 Å². The molecule has 1 aromatic rings. The lowest BCUT2D eigenvalue weighted by atomic mass is 9.98. The Morgan fingerprint density at radius 2 is 2.39 bits per heavy atom. The second-order valence-electron chi connectivity index (χ2n) is 4.46. The van der Waals surface area contributed by atoms with Gasteiger partial charge in [-0.15, -0.1) is 5.10 Å². The topological polar surface area (TPSA) is 114 Å². The summed E-state index contributed by atoms with van der Waals surface area (Å²) in [5.41, 5.74) is 4.43. The van der Waals surface area contributed by atoms with Crippen molar-refractivity contribution in [3.8, 4) is 0 Å². The van der Waals surface area contributed by atoms with Crippen LogP contribution >= 0.6 is 11.8 Å². The fourth-order valence-electron chi connectivity index (χ4n) is 1.83. The Labute approximate surface area is 108 Å². The smallest absolute Gasteiger partial charge is 0.343 e. The van der Waals surface area contributed by atoms with E-state index in [1.165, 1.54) is 16.3 Å². The lowest BCUT2D eigenvalue weighted by Gasteiger charge is -2.23. The van der Waals surface area contributed by atoms with E-state index >= 15 is 0 Å². The van der Waals surface area contributed by atoms with Crippen LogP contribution < -0.4 is 11.4 Å². The second kappa shape index (κ2) is 4.77. The molecule has 18 heavy (non-hydrogen) atoms. The maximum Gasteiger partial charge on any atom is 0.343 e. The Kier molecular flexibility index (Phi) is 3.49. The highest BCUT2D eigenvalue weighted by molar-refractivity contribution is 7.99. The molecule has 1 aromatic heterocycles. The molecule has 0 amide bonds. The van der Waals surface area contributed by atoms with E-state index < -0.39 is 11.5 Å². The largest absolute Gasteiger partial charge is 0.480 e. The minimum Gasteiger partial charge on any atom is -0.480 e. The van der Waals surface area contributed by atoms with Crippen LogP contribution in [-0.2, 0) is 11.3 Å². The van der Waals surface area contributed by atoms with Gasteiger partial charge < -0.3 is 10.8 Å². The van der Waals surface area contributed by atoms with Crippen molar-refractivity contribution in [2.24, 2.45) is 11.7 Å². The fourth-order valence-corrected chi connectivity index (χ4v) is 3.03. The van der Waals surface area contributed by atoms with Crippen LogP contribution in [0.5, 0.6) is 0 Å². The van der Waals surface area contributed by atoms with E-state index in [0.717, 1.165) is 12.8 Å². The number of nitrogens with one attached hydrogen (secondary N) is 1. The molecule has 1 saturated carbocycles. The molecule has 1 fully saturated rings. The SMILES string of the molecule is CCn1c(SCC(N)(C(=O)O)C2CC2)n[nH]c1=O. The standard InChI is InChI=1S/C10H16N4O3S/c1-2-14-8(17)12-13-9(14)18-5-10(11,7(15)16)6-3-4-6/h6H,2-5,11H2,1H3,(H,12,17)(H,15,16). The summed E-state index contributed by atoms with van der Waals surface area (Å²) < 4.78 is 1.46. The van der Waals surface area contributed by atoms with Crippen molar-refractivity contribution in [2.45, 2.75) is 37.0 Å². The van der Waals surface area contributed by atoms with E-state index in [1.54, 1.807) is 0 Å². The molecule has 4 N–H and O–H groups in total. The molecular weight excluding hydrogens is 256 g/mol. The number of hydrogen-bond donors (Lipinski definition) is 3. The number of carbonyl (C=O) groups is 1. The monoisotopic (exact) mass is 272 g/mol. The zero-order valence-corrected chi connectivity index (χ0v) is 10.9. The molecule has 0 aliphatic heterocycles. The van der Waals surface area contributed by atoms with Gasteiger partial charge in [-0.25, -0.2) is 9.89 Å². The highest BCUT2D eigenvalue weighted by atomic mass is 32.2. The van der Waals surface area contributed by atoms with E-state index in [2.05, 4.69) is 10.2 Å². The van der Waals surface area contributed by atoms with E-state index in [4.69, 9.17) is 5.73 Å². The van der Waals surface area contributed by atoms with Crippen molar-refractivity contribution >= 4 is 17.7 Å². The number of nitrogens with two attached hydrogens (primary N) is 1. The number of rotatable bonds is 6. The maximum absolute atomic E-state index is 11.4. The Bertz CT molecular complexity index is 507. The predicted octanol–water partition coefficient (Wildman–Crippen LogP) is -0.125. The van der Waals surface area contributed by atoms with Gasteiger partial charge >= 0.3 is 11.7 Å². The first-order chi connectivity index (χ1) is 8.49.